The van der Waals surface area contributed by atoms with E-state index in [0.29, 0.717) is 17.3 Å². The molecule has 1 aliphatic heterocycles. The standard InChI is InChI=1S/C29H29N3O2/c1-34-27-14-8-7-13-26(27)31-28-20-24(23-11-5-6-12-25(23)30-28)29(33)32-17-15-22(16-18-32)19-21-9-3-2-4-10-21/h2-14,20,22H,15-19H2,1H3,(H,30,31). The van der Waals surface area contributed by atoms with Crippen LogP contribution in [0.2, 0.25) is 0 Å². The molecule has 2 heterocycles. The highest BCUT2D eigenvalue weighted by Gasteiger charge is 2.25. The lowest BCUT2D eigenvalue weighted by atomic mass is 9.90. The maximum absolute atomic E-state index is 13.7. The lowest BCUT2D eigenvalue weighted by Gasteiger charge is -2.32. The van der Waals surface area contributed by atoms with E-state index in [9.17, 15) is 4.79 Å². The number of hydrogen-bond acceptors (Lipinski definition) is 4. The number of carbonyl (C=O) groups excluding carboxylic acids is 1. The number of rotatable bonds is 6. The summed E-state index contributed by atoms with van der Waals surface area (Å²) in [6.45, 7) is 1.56. The van der Waals surface area contributed by atoms with Gasteiger partial charge in [-0.3, -0.25) is 4.79 Å². The van der Waals surface area contributed by atoms with E-state index in [1.54, 1.807) is 7.11 Å². The number of amides is 1. The molecule has 1 N–H and O–H groups in total. The molecule has 4 aromatic rings. The number of nitrogens with zero attached hydrogens (tertiary/aromatic N) is 2. The minimum Gasteiger partial charge on any atom is -0.495 e. The van der Waals surface area contributed by atoms with Gasteiger partial charge in [-0.15, -0.1) is 0 Å². The molecule has 5 nitrogen and oxygen atoms in total. The molecule has 0 unspecified atom stereocenters. The first-order valence-corrected chi connectivity index (χ1v) is 11.8. The number of ether oxygens (including phenoxy) is 1. The van der Waals surface area contributed by atoms with E-state index in [0.717, 1.165) is 54.7 Å². The van der Waals surface area contributed by atoms with Crippen LogP contribution in [0.15, 0.2) is 84.9 Å². The number of hydrogen-bond donors (Lipinski definition) is 1. The summed E-state index contributed by atoms with van der Waals surface area (Å²) in [5.74, 6) is 2.04. The monoisotopic (exact) mass is 451 g/mol. The van der Waals surface area contributed by atoms with Crippen molar-refractivity contribution < 1.29 is 9.53 Å². The molecule has 0 spiro atoms. The lowest BCUT2D eigenvalue weighted by Crippen LogP contribution is -2.39. The number of aromatic nitrogens is 1. The van der Waals surface area contributed by atoms with Crippen molar-refractivity contribution in [2.24, 2.45) is 5.92 Å². The fourth-order valence-corrected chi connectivity index (χ4v) is 4.76. The van der Waals surface area contributed by atoms with E-state index in [4.69, 9.17) is 9.72 Å². The second-order valence-corrected chi connectivity index (χ2v) is 8.82. The smallest absolute Gasteiger partial charge is 0.254 e. The van der Waals surface area contributed by atoms with Crippen molar-refractivity contribution in [1.82, 2.24) is 9.88 Å². The van der Waals surface area contributed by atoms with Crippen molar-refractivity contribution in [3.8, 4) is 5.75 Å². The summed E-state index contributed by atoms with van der Waals surface area (Å²) in [5, 5.41) is 4.22. The Labute approximate surface area is 200 Å². The van der Waals surface area contributed by atoms with Gasteiger partial charge in [-0.1, -0.05) is 60.7 Å². The zero-order valence-electron chi connectivity index (χ0n) is 19.4. The molecule has 5 heteroatoms. The second-order valence-electron chi connectivity index (χ2n) is 8.82. The summed E-state index contributed by atoms with van der Waals surface area (Å²) < 4.78 is 5.47. The summed E-state index contributed by atoms with van der Waals surface area (Å²) in [7, 11) is 1.64. The Kier molecular flexibility index (Phi) is 6.43. The van der Waals surface area contributed by atoms with Gasteiger partial charge in [0.1, 0.15) is 11.6 Å². The average molecular weight is 452 g/mol. The quantitative estimate of drug-likeness (QED) is 0.386. The summed E-state index contributed by atoms with van der Waals surface area (Å²) in [6, 6.07) is 28.0. The third-order valence-corrected chi connectivity index (χ3v) is 6.59. The average Bonchev–Trinajstić information content (AvgIpc) is 2.89. The molecule has 34 heavy (non-hydrogen) atoms. The first kappa shape index (κ1) is 22.0. The van der Waals surface area contributed by atoms with Gasteiger partial charge in [0.2, 0.25) is 0 Å². The van der Waals surface area contributed by atoms with Crippen LogP contribution in [0, 0.1) is 5.92 Å². The lowest BCUT2D eigenvalue weighted by molar-refractivity contribution is 0.0692. The van der Waals surface area contributed by atoms with Gasteiger partial charge in [-0.2, -0.15) is 0 Å². The van der Waals surface area contributed by atoms with Crippen LogP contribution in [-0.4, -0.2) is 36.0 Å². The van der Waals surface area contributed by atoms with E-state index in [1.807, 2.05) is 59.5 Å². The Bertz CT molecular complexity index is 1280. The predicted octanol–water partition coefficient (Wildman–Crippen LogP) is 6.08. The first-order valence-electron chi connectivity index (χ1n) is 11.8. The summed E-state index contributed by atoms with van der Waals surface area (Å²) in [6.07, 6.45) is 3.12. The molecule has 1 fully saturated rings. The van der Waals surface area contributed by atoms with E-state index < -0.39 is 0 Å². The molecule has 1 amide bonds. The number of nitrogens with one attached hydrogen (secondary N) is 1. The molecule has 3 aromatic carbocycles. The number of pyridine rings is 1. The van der Waals surface area contributed by atoms with Gasteiger partial charge in [0.25, 0.3) is 5.91 Å². The van der Waals surface area contributed by atoms with Crippen molar-refractivity contribution in [2.45, 2.75) is 19.3 Å². The number of anilines is 2. The van der Waals surface area contributed by atoms with Crippen molar-refractivity contribution in [3.05, 3.63) is 96.1 Å². The molecule has 0 atom stereocenters. The summed E-state index contributed by atoms with van der Waals surface area (Å²) in [4.78, 5) is 20.4. The van der Waals surface area contributed by atoms with Crippen LogP contribution >= 0.6 is 0 Å². The van der Waals surface area contributed by atoms with Crippen LogP contribution < -0.4 is 10.1 Å². The summed E-state index contributed by atoms with van der Waals surface area (Å²) in [5.41, 5.74) is 3.67. The van der Waals surface area contributed by atoms with Gasteiger partial charge >= 0.3 is 0 Å². The number of piperidine rings is 1. The SMILES string of the molecule is COc1ccccc1Nc1cc(C(=O)N2CCC(Cc3ccccc3)CC2)c2ccccc2n1. The normalized spacial score (nSPS) is 14.2. The van der Waals surface area contributed by atoms with E-state index in [1.165, 1.54) is 5.56 Å². The molecule has 5 rings (SSSR count). The Morgan fingerprint density at radius 2 is 1.68 bits per heavy atom. The second kappa shape index (κ2) is 9.96. The maximum atomic E-state index is 13.7. The number of methoxy groups -OCH3 is 1. The fourth-order valence-electron chi connectivity index (χ4n) is 4.76. The highest BCUT2D eigenvalue weighted by Crippen LogP contribution is 2.30. The van der Waals surface area contributed by atoms with Crippen molar-refractivity contribution in [2.75, 3.05) is 25.5 Å². The Hall–Kier alpha value is -3.86. The number of benzene rings is 3. The third-order valence-electron chi connectivity index (χ3n) is 6.59. The fraction of sp³-hybridized carbons (Fsp3) is 0.241. The van der Waals surface area contributed by atoms with E-state index in [2.05, 4.69) is 35.6 Å². The van der Waals surface area contributed by atoms with Gasteiger partial charge in [0.05, 0.1) is 23.9 Å². The largest absolute Gasteiger partial charge is 0.495 e. The molecule has 0 radical (unpaired) electrons. The van der Waals surface area contributed by atoms with Gasteiger partial charge in [0, 0.05) is 18.5 Å². The summed E-state index contributed by atoms with van der Waals surface area (Å²) >= 11 is 0. The highest BCUT2D eigenvalue weighted by molar-refractivity contribution is 6.07. The minimum absolute atomic E-state index is 0.0693. The van der Waals surface area contributed by atoms with Gasteiger partial charge in [0.15, 0.2) is 0 Å². The topological polar surface area (TPSA) is 54.5 Å². The Morgan fingerprint density at radius 3 is 2.47 bits per heavy atom. The van der Waals surface area contributed by atoms with Gasteiger partial charge in [-0.05, 0) is 55.0 Å². The third kappa shape index (κ3) is 4.74. The van der Waals surface area contributed by atoms with Crippen LogP contribution in [0.25, 0.3) is 10.9 Å². The molecular formula is C29H29N3O2. The van der Waals surface area contributed by atoms with Crippen LogP contribution in [0.4, 0.5) is 11.5 Å². The molecule has 0 saturated carbocycles. The van der Waals surface area contributed by atoms with Gasteiger partial charge < -0.3 is 15.0 Å². The van der Waals surface area contributed by atoms with Crippen molar-refractivity contribution >= 4 is 28.3 Å². The van der Waals surface area contributed by atoms with Crippen LogP contribution in [0.3, 0.4) is 0 Å². The van der Waals surface area contributed by atoms with Crippen molar-refractivity contribution in [3.63, 3.8) is 0 Å². The van der Waals surface area contributed by atoms with Crippen molar-refractivity contribution in [1.29, 1.82) is 0 Å². The Balaban J connectivity index is 1.37. The number of carbonyl (C=O) groups is 1. The molecule has 172 valence electrons. The van der Waals surface area contributed by atoms with E-state index in [-0.39, 0.29) is 5.91 Å². The molecule has 1 aliphatic rings. The first-order chi connectivity index (χ1) is 16.7. The Morgan fingerprint density at radius 1 is 0.971 bits per heavy atom. The van der Waals surface area contributed by atoms with E-state index >= 15 is 0 Å². The van der Waals surface area contributed by atoms with Gasteiger partial charge in [-0.25, -0.2) is 4.98 Å². The molecule has 0 aliphatic carbocycles. The number of para-hydroxylation sites is 3. The highest BCUT2D eigenvalue weighted by atomic mass is 16.5. The zero-order valence-corrected chi connectivity index (χ0v) is 19.4. The molecule has 1 aromatic heterocycles. The molecular weight excluding hydrogens is 422 g/mol. The van der Waals surface area contributed by atoms with Crippen LogP contribution in [0.1, 0.15) is 28.8 Å². The predicted molar refractivity (Wildman–Crippen MR) is 137 cm³/mol. The number of likely N-dealkylation sites (tertiary alicyclic amines) is 1. The minimum atomic E-state index is 0.0693. The van der Waals surface area contributed by atoms with Crippen LogP contribution in [0.5, 0.6) is 5.75 Å². The molecule has 0 bridgehead atoms. The zero-order chi connectivity index (χ0) is 23.3. The maximum Gasteiger partial charge on any atom is 0.254 e. The number of fused-ring (bicyclic) bond motifs is 1. The van der Waals surface area contributed by atoms with Crippen LogP contribution in [-0.2, 0) is 6.42 Å². The molecule has 1 saturated heterocycles.